The van der Waals surface area contributed by atoms with Crippen molar-refractivity contribution >= 4 is 24.4 Å². The molecule has 1 heterocycles. The molecule has 1 aliphatic heterocycles. The van der Waals surface area contributed by atoms with Crippen molar-refractivity contribution in [2.24, 2.45) is 5.92 Å². The highest BCUT2D eigenvalue weighted by Gasteiger charge is 2.61. The van der Waals surface area contributed by atoms with E-state index in [0.29, 0.717) is 11.5 Å². The maximum atomic E-state index is 12.1. The average Bonchev–Trinajstić information content (AvgIpc) is 2.73. The Balaban J connectivity index is 1.85. The highest BCUT2D eigenvalue weighted by Crippen LogP contribution is 2.60. The van der Waals surface area contributed by atoms with Crippen molar-refractivity contribution in [1.29, 1.82) is 0 Å². The van der Waals surface area contributed by atoms with Crippen LogP contribution in [0.2, 0.25) is 12.1 Å². The van der Waals surface area contributed by atoms with Crippen LogP contribution in [0, 0.1) is 5.92 Å². The van der Waals surface area contributed by atoms with E-state index in [2.05, 4.69) is 61.1 Å². The van der Waals surface area contributed by atoms with E-state index in [1.807, 2.05) is 0 Å². The Morgan fingerprint density at radius 2 is 1.77 bits per heavy atom. The zero-order valence-corrected chi connectivity index (χ0v) is 14.0. The van der Waals surface area contributed by atoms with E-state index in [9.17, 15) is 4.79 Å². The summed E-state index contributed by atoms with van der Waals surface area (Å²) in [6.45, 7) is 2.47. The van der Waals surface area contributed by atoms with Crippen LogP contribution in [0.5, 0.6) is 0 Å². The first-order valence-electron chi connectivity index (χ1n) is 7.90. The molecule has 1 aliphatic carbocycles. The maximum absolute atomic E-state index is 12.1. The van der Waals surface area contributed by atoms with Gasteiger partial charge in [-0.15, -0.1) is 0 Å². The Morgan fingerprint density at radius 3 is 2.50 bits per heavy atom. The molecule has 22 heavy (non-hydrogen) atoms. The molecule has 1 saturated carbocycles. The van der Waals surface area contributed by atoms with Gasteiger partial charge in [0, 0.05) is 0 Å². The molecule has 0 saturated heterocycles. The third-order valence-electron chi connectivity index (χ3n) is 5.87. The summed E-state index contributed by atoms with van der Waals surface area (Å²) in [7, 11) is -0.267. The molecule has 2 nitrogen and oxygen atoms in total. The number of benzene rings is 2. The SMILES string of the molecule is COC(=O)C1CC2C1c1ccccc1[Si]2(C)c1ccccc1. The number of hydrogen-bond donors (Lipinski definition) is 0. The molecule has 4 atom stereocenters. The second-order valence-electron chi connectivity index (χ2n) is 6.65. The van der Waals surface area contributed by atoms with Crippen LogP contribution in [0.3, 0.4) is 0 Å². The number of hydrogen-bond acceptors (Lipinski definition) is 2. The van der Waals surface area contributed by atoms with Gasteiger partial charge < -0.3 is 4.74 Å². The predicted molar refractivity (Wildman–Crippen MR) is 90.4 cm³/mol. The zero-order chi connectivity index (χ0) is 15.3. The Labute approximate surface area is 132 Å². The number of rotatable bonds is 2. The monoisotopic (exact) mass is 308 g/mol. The first-order valence-corrected chi connectivity index (χ1v) is 10.5. The third kappa shape index (κ3) is 1.63. The largest absolute Gasteiger partial charge is 0.469 e. The first kappa shape index (κ1) is 13.8. The van der Waals surface area contributed by atoms with Crippen LogP contribution in [0.1, 0.15) is 17.9 Å². The van der Waals surface area contributed by atoms with Crippen LogP contribution in [0.25, 0.3) is 0 Å². The molecular formula is C19H20O2Si. The van der Waals surface area contributed by atoms with Gasteiger partial charge in [-0.2, -0.15) is 0 Å². The van der Waals surface area contributed by atoms with E-state index in [0.717, 1.165) is 6.42 Å². The normalized spacial score (nSPS) is 31.8. The minimum Gasteiger partial charge on any atom is -0.469 e. The smallest absolute Gasteiger partial charge is 0.309 e. The molecule has 0 radical (unpaired) electrons. The third-order valence-corrected chi connectivity index (χ3v) is 11.1. The Hall–Kier alpha value is -1.87. The van der Waals surface area contributed by atoms with Gasteiger partial charge >= 0.3 is 5.97 Å². The predicted octanol–water partition coefficient (Wildman–Crippen LogP) is 2.54. The lowest BCUT2D eigenvalue weighted by atomic mass is 9.69. The Morgan fingerprint density at radius 1 is 1.09 bits per heavy atom. The number of esters is 1. The quantitative estimate of drug-likeness (QED) is 0.629. The fraction of sp³-hybridized carbons (Fsp3) is 0.316. The van der Waals surface area contributed by atoms with Crippen LogP contribution in [-0.4, -0.2) is 21.2 Å². The fourth-order valence-corrected chi connectivity index (χ4v) is 9.86. The van der Waals surface area contributed by atoms with Gasteiger partial charge in [0.2, 0.25) is 0 Å². The van der Waals surface area contributed by atoms with Crippen molar-refractivity contribution in [1.82, 2.24) is 0 Å². The van der Waals surface area contributed by atoms with Crippen LogP contribution >= 0.6 is 0 Å². The van der Waals surface area contributed by atoms with E-state index in [1.165, 1.54) is 23.0 Å². The van der Waals surface area contributed by atoms with Crippen LogP contribution in [0.15, 0.2) is 54.6 Å². The molecule has 4 unspecified atom stereocenters. The molecular weight excluding hydrogens is 288 g/mol. The molecule has 2 aliphatic rings. The number of carbonyl (C=O) groups excluding carboxylic acids is 1. The lowest BCUT2D eigenvalue weighted by molar-refractivity contribution is -0.149. The van der Waals surface area contributed by atoms with E-state index >= 15 is 0 Å². The first-order chi connectivity index (χ1) is 10.7. The molecule has 1 fully saturated rings. The van der Waals surface area contributed by atoms with Gasteiger partial charge in [-0.3, -0.25) is 4.79 Å². The van der Waals surface area contributed by atoms with Crippen LogP contribution in [-0.2, 0) is 9.53 Å². The highest BCUT2D eigenvalue weighted by molar-refractivity contribution is 7.03. The molecule has 0 N–H and O–H groups in total. The van der Waals surface area contributed by atoms with E-state index in [4.69, 9.17) is 4.74 Å². The van der Waals surface area contributed by atoms with Crippen molar-refractivity contribution in [3.05, 3.63) is 60.2 Å². The van der Waals surface area contributed by atoms with Gasteiger partial charge in [0.15, 0.2) is 0 Å². The van der Waals surface area contributed by atoms with Gasteiger partial charge in [-0.05, 0) is 23.4 Å². The molecule has 112 valence electrons. The molecule has 2 aromatic rings. The lowest BCUT2D eigenvalue weighted by Crippen LogP contribution is -2.59. The molecule has 0 aromatic heterocycles. The minimum absolute atomic E-state index is 0.0395. The van der Waals surface area contributed by atoms with E-state index in [-0.39, 0.29) is 11.9 Å². The summed E-state index contributed by atoms with van der Waals surface area (Å²) < 4.78 is 5.03. The van der Waals surface area contributed by atoms with Gasteiger partial charge in [-0.25, -0.2) is 0 Å². The Kier molecular flexibility index (Phi) is 3.01. The van der Waals surface area contributed by atoms with Crippen molar-refractivity contribution in [2.45, 2.75) is 24.4 Å². The second kappa shape index (κ2) is 4.82. The van der Waals surface area contributed by atoms with E-state index < -0.39 is 8.07 Å². The molecule has 3 heteroatoms. The van der Waals surface area contributed by atoms with Crippen LogP contribution < -0.4 is 10.4 Å². The molecule has 2 aromatic carbocycles. The van der Waals surface area contributed by atoms with Crippen molar-refractivity contribution in [3.63, 3.8) is 0 Å². The summed E-state index contributed by atoms with van der Waals surface area (Å²) in [6, 6.07) is 19.7. The van der Waals surface area contributed by atoms with Crippen molar-refractivity contribution in [3.8, 4) is 0 Å². The maximum Gasteiger partial charge on any atom is 0.309 e. The summed E-state index contributed by atoms with van der Waals surface area (Å²) in [5.74, 6) is 0.372. The van der Waals surface area contributed by atoms with Gasteiger partial charge in [0.1, 0.15) is 8.07 Å². The van der Waals surface area contributed by atoms with Crippen molar-refractivity contribution < 1.29 is 9.53 Å². The second-order valence-corrected chi connectivity index (χ2v) is 10.9. The fourth-order valence-electron chi connectivity index (χ4n) is 4.69. The molecule has 0 bridgehead atoms. The molecule has 4 rings (SSSR count). The number of carbonyl (C=O) groups is 1. The summed E-state index contributed by atoms with van der Waals surface area (Å²) in [5.41, 5.74) is 2.02. The van der Waals surface area contributed by atoms with Gasteiger partial charge in [0.05, 0.1) is 13.0 Å². The van der Waals surface area contributed by atoms with E-state index in [1.54, 1.807) is 0 Å². The molecule has 0 spiro atoms. The number of fused-ring (bicyclic) bond motifs is 3. The highest BCUT2D eigenvalue weighted by atomic mass is 28.3. The topological polar surface area (TPSA) is 26.3 Å². The van der Waals surface area contributed by atoms with Gasteiger partial charge in [0.25, 0.3) is 0 Å². The van der Waals surface area contributed by atoms with Gasteiger partial charge in [-0.1, -0.05) is 71.5 Å². The lowest BCUT2D eigenvalue weighted by Gasteiger charge is -2.45. The summed E-state index contributed by atoms with van der Waals surface area (Å²) in [4.78, 5) is 12.1. The number of methoxy groups -OCH3 is 1. The standard InChI is InChI=1S/C19H20O2Si/c1-21-19(20)15-12-17-18(15)14-10-6-7-11-16(14)22(17,2)13-8-4-3-5-9-13/h3-11,15,17-18H,12H2,1-2H3. The average molecular weight is 308 g/mol. The summed E-state index contributed by atoms with van der Waals surface area (Å²) in [5, 5.41) is 3.00. The van der Waals surface area contributed by atoms with Crippen LogP contribution in [0.4, 0.5) is 0 Å². The Bertz CT molecular complexity index is 727. The summed E-state index contributed by atoms with van der Waals surface area (Å²) in [6.07, 6.45) is 0.976. The van der Waals surface area contributed by atoms with Crippen molar-refractivity contribution in [2.75, 3.05) is 7.11 Å². The number of ether oxygens (including phenoxy) is 1. The molecule has 0 amide bonds. The minimum atomic E-state index is -1.77. The summed E-state index contributed by atoms with van der Waals surface area (Å²) >= 11 is 0. The zero-order valence-electron chi connectivity index (χ0n) is 13.0.